The Morgan fingerprint density at radius 1 is 1.04 bits per heavy atom. The summed E-state index contributed by atoms with van der Waals surface area (Å²) in [5.74, 6) is 10.7. The maximum atomic E-state index is 11.5. The fourth-order valence-corrected chi connectivity index (χ4v) is 1.61. The van der Waals surface area contributed by atoms with E-state index in [9.17, 15) is 15.0 Å². The highest BCUT2D eigenvalue weighted by molar-refractivity contribution is 5.81. The van der Waals surface area contributed by atoms with Gasteiger partial charge in [0.1, 0.15) is 12.2 Å². The number of hydrogen-bond donors (Lipinski definition) is 5. The molecule has 0 rings (SSSR count). The van der Waals surface area contributed by atoms with Crippen molar-refractivity contribution in [3.05, 3.63) is 0 Å². The zero-order valence-corrected chi connectivity index (χ0v) is 13.6. The Morgan fingerprint density at radius 2 is 1.65 bits per heavy atom. The van der Waals surface area contributed by atoms with Crippen LogP contribution in [0.3, 0.4) is 0 Å². The molecule has 5 N–H and O–H groups in total. The normalized spacial score (nSPS) is 13.8. The van der Waals surface area contributed by atoms with E-state index in [4.69, 9.17) is 10.2 Å². The smallest absolute Gasteiger partial charge is 0.251 e. The van der Waals surface area contributed by atoms with Gasteiger partial charge in [0.2, 0.25) is 0 Å². The predicted octanol–water partition coefficient (Wildman–Crippen LogP) is -0.455. The fraction of sp³-hybridized carbons (Fsp3) is 0.706. The van der Waals surface area contributed by atoms with Gasteiger partial charge >= 0.3 is 0 Å². The second-order valence-corrected chi connectivity index (χ2v) is 5.14. The van der Waals surface area contributed by atoms with Crippen molar-refractivity contribution in [1.82, 2.24) is 5.32 Å². The van der Waals surface area contributed by atoms with Crippen molar-refractivity contribution in [2.75, 3.05) is 13.2 Å². The molecule has 0 saturated heterocycles. The molecule has 0 aliphatic heterocycles. The fourth-order valence-electron chi connectivity index (χ4n) is 1.61. The van der Waals surface area contributed by atoms with Crippen molar-refractivity contribution in [1.29, 1.82) is 0 Å². The number of amides is 1. The van der Waals surface area contributed by atoms with E-state index in [0.29, 0.717) is 19.4 Å². The van der Waals surface area contributed by atoms with Gasteiger partial charge in [0.25, 0.3) is 5.91 Å². The molecule has 0 heterocycles. The number of carbonyl (C=O) groups excluding carboxylic acids is 1. The lowest BCUT2D eigenvalue weighted by atomic mass is 10.1. The Balaban J connectivity index is 3.77. The van der Waals surface area contributed by atoms with Gasteiger partial charge in [-0.25, -0.2) is 0 Å². The Bertz CT molecular complexity index is 443. The van der Waals surface area contributed by atoms with Gasteiger partial charge in [0.15, 0.2) is 6.10 Å². The molecule has 0 spiro atoms. The van der Waals surface area contributed by atoms with Crippen LogP contribution in [0, 0.1) is 23.7 Å². The van der Waals surface area contributed by atoms with Crippen molar-refractivity contribution in [3.63, 3.8) is 0 Å². The lowest BCUT2D eigenvalue weighted by Gasteiger charge is -2.20. The van der Waals surface area contributed by atoms with E-state index >= 15 is 0 Å². The summed E-state index contributed by atoms with van der Waals surface area (Å²) in [7, 11) is 0. The molecule has 0 fully saturated rings. The van der Waals surface area contributed by atoms with Crippen LogP contribution in [-0.4, -0.2) is 57.8 Å². The average molecular weight is 325 g/mol. The molecular formula is C17H27NO5. The monoisotopic (exact) mass is 325 g/mol. The van der Waals surface area contributed by atoms with Crippen LogP contribution in [0.1, 0.15) is 45.4 Å². The highest BCUT2D eigenvalue weighted by Crippen LogP contribution is 2.00. The molecule has 0 aliphatic carbocycles. The van der Waals surface area contributed by atoms with Crippen molar-refractivity contribution < 1.29 is 25.2 Å². The topological polar surface area (TPSA) is 110 Å². The summed E-state index contributed by atoms with van der Waals surface area (Å²) in [4.78, 5) is 11.5. The van der Waals surface area contributed by atoms with Gasteiger partial charge in [0.05, 0.1) is 6.61 Å². The second kappa shape index (κ2) is 14.0. The van der Waals surface area contributed by atoms with E-state index in [1.807, 2.05) is 0 Å². The summed E-state index contributed by atoms with van der Waals surface area (Å²) >= 11 is 0. The summed E-state index contributed by atoms with van der Waals surface area (Å²) in [5.41, 5.74) is 0. The number of aliphatic hydroxyl groups excluding tert-OH is 4. The maximum absolute atomic E-state index is 11.5. The number of hydrogen-bond acceptors (Lipinski definition) is 5. The molecule has 0 saturated carbocycles. The molecule has 0 unspecified atom stereocenters. The minimum atomic E-state index is -1.77. The van der Waals surface area contributed by atoms with Gasteiger partial charge in [-0.2, -0.15) is 0 Å². The van der Waals surface area contributed by atoms with Gasteiger partial charge in [-0.1, -0.05) is 25.2 Å². The van der Waals surface area contributed by atoms with Gasteiger partial charge < -0.3 is 25.7 Å². The number of unbranched alkanes of at least 4 members (excludes halogenated alkanes) is 4. The Hall–Kier alpha value is -1.57. The molecule has 130 valence electrons. The van der Waals surface area contributed by atoms with E-state index in [0.717, 1.165) is 25.7 Å². The van der Waals surface area contributed by atoms with Crippen LogP contribution in [0.15, 0.2) is 0 Å². The molecule has 6 nitrogen and oxygen atoms in total. The van der Waals surface area contributed by atoms with Crippen LogP contribution < -0.4 is 5.32 Å². The molecule has 0 bridgehead atoms. The predicted molar refractivity (Wildman–Crippen MR) is 87.0 cm³/mol. The first-order chi connectivity index (χ1) is 11.0. The maximum Gasteiger partial charge on any atom is 0.251 e. The van der Waals surface area contributed by atoms with Crippen molar-refractivity contribution >= 4 is 5.91 Å². The quantitative estimate of drug-likeness (QED) is 0.276. The number of nitrogens with one attached hydrogen (secondary N) is 1. The minimum absolute atomic E-state index is 0.335. The first-order valence-corrected chi connectivity index (χ1v) is 7.93. The summed E-state index contributed by atoms with van der Waals surface area (Å²) in [6, 6.07) is 0. The van der Waals surface area contributed by atoms with Crippen LogP contribution in [0.5, 0.6) is 0 Å². The molecule has 23 heavy (non-hydrogen) atoms. The van der Waals surface area contributed by atoms with E-state index in [2.05, 4.69) is 35.9 Å². The highest BCUT2D eigenvalue weighted by atomic mass is 16.4. The highest BCUT2D eigenvalue weighted by Gasteiger charge is 2.29. The number of rotatable bonds is 10. The summed E-state index contributed by atoms with van der Waals surface area (Å²) in [6.45, 7) is 1.72. The van der Waals surface area contributed by atoms with Crippen LogP contribution in [0.4, 0.5) is 0 Å². The van der Waals surface area contributed by atoms with Gasteiger partial charge in [-0.15, -0.1) is 0 Å². The number of carbonyl (C=O) groups is 1. The SMILES string of the molecule is CCCCC#CC#CCCCCNC(=O)[C@H](O)[C@@H](O)[C@H](O)CO. The zero-order chi connectivity index (χ0) is 17.5. The average Bonchev–Trinajstić information content (AvgIpc) is 2.57. The zero-order valence-electron chi connectivity index (χ0n) is 13.6. The molecule has 3 atom stereocenters. The first kappa shape index (κ1) is 21.4. The summed E-state index contributed by atoms with van der Waals surface area (Å²) in [5, 5.41) is 39.1. The van der Waals surface area contributed by atoms with Gasteiger partial charge in [-0.3, -0.25) is 4.79 Å². The van der Waals surface area contributed by atoms with E-state index < -0.39 is 30.8 Å². The molecule has 1 amide bonds. The molecule has 0 aromatic rings. The van der Waals surface area contributed by atoms with Crippen molar-refractivity contribution in [3.8, 4) is 23.7 Å². The van der Waals surface area contributed by atoms with Crippen molar-refractivity contribution in [2.24, 2.45) is 0 Å². The Morgan fingerprint density at radius 3 is 2.22 bits per heavy atom. The van der Waals surface area contributed by atoms with Crippen LogP contribution in [0.2, 0.25) is 0 Å². The Kier molecular flexibility index (Phi) is 13.1. The third-order valence-corrected chi connectivity index (χ3v) is 3.10. The van der Waals surface area contributed by atoms with Crippen LogP contribution >= 0.6 is 0 Å². The Labute approximate surface area is 137 Å². The lowest BCUT2D eigenvalue weighted by molar-refractivity contribution is -0.142. The summed E-state index contributed by atoms with van der Waals surface area (Å²) < 4.78 is 0. The first-order valence-electron chi connectivity index (χ1n) is 7.93. The van der Waals surface area contributed by atoms with Crippen LogP contribution in [-0.2, 0) is 4.79 Å². The van der Waals surface area contributed by atoms with Gasteiger partial charge in [-0.05, 0) is 31.1 Å². The molecule has 0 radical (unpaired) electrons. The second-order valence-electron chi connectivity index (χ2n) is 5.14. The third-order valence-electron chi connectivity index (χ3n) is 3.10. The molecule has 0 aromatic heterocycles. The minimum Gasteiger partial charge on any atom is -0.394 e. The van der Waals surface area contributed by atoms with E-state index in [1.165, 1.54) is 0 Å². The molecular weight excluding hydrogens is 298 g/mol. The van der Waals surface area contributed by atoms with Gasteiger partial charge in [0, 0.05) is 19.4 Å². The van der Waals surface area contributed by atoms with Crippen molar-refractivity contribution in [2.45, 2.75) is 63.8 Å². The standard InChI is InChI=1S/C17H27NO5/c1-2-3-4-5-6-7-8-9-10-11-12-18-17(23)16(22)15(21)14(20)13-19/h14-16,19-22H,2-4,9-13H2,1H3,(H,18,23)/t14-,15+,16-/m1/s1. The third kappa shape index (κ3) is 10.7. The molecule has 0 aliphatic rings. The van der Waals surface area contributed by atoms with E-state index in [-0.39, 0.29) is 0 Å². The summed E-state index contributed by atoms with van der Waals surface area (Å²) in [6.07, 6.45) is 0.180. The lowest BCUT2D eigenvalue weighted by Crippen LogP contribution is -2.48. The van der Waals surface area contributed by atoms with E-state index in [1.54, 1.807) is 0 Å². The van der Waals surface area contributed by atoms with Crippen LogP contribution in [0.25, 0.3) is 0 Å². The number of aliphatic hydroxyl groups is 4. The molecule has 0 aromatic carbocycles. The molecule has 6 heteroatoms. The largest absolute Gasteiger partial charge is 0.394 e.